The maximum absolute atomic E-state index is 12.7. The number of rotatable bonds is 2. The largest absolute Gasteiger partial charge is 0.417 e. The van der Waals surface area contributed by atoms with E-state index in [2.05, 4.69) is 15.9 Å². The van der Waals surface area contributed by atoms with Gasteiger partial charge in [0.25, 0.3) is 0 Å². The molecule has 1 aromatic rings. The molecular weight excluding hydrogens is 423 g/mol. The van der Waals surface area contributed by atoms with Crippen LogP contribution >= 0.6 is 50.1 Å². The second-order valence-corrected chi connectivity index (χ2v) is 5.08. The molecule has 7 heteroatoms. The minimum absolute atomic E-state index is 0.177. The van der Waals surface area contributed by atoms with Crippen LogP contribution in [0.5, 0.6) is 0 Å². The Hall–Kier alpha value is 0.180. The average Bonchev–Trinajstić information content (AvgIpc) is 2.14. The molecular formula is C9H4BrClF3IO. The summed E-state index contributed by atoms with van der Waals surface area (Å²) in [6.07, 6.45) is -4.59. The van der Waals surface area contributed by atoms with Gasteiger partial charge in [0.1, 0.15) is 0 Å². The van der Waals surface area contributed by atoms with Crippen LogP contribution in [0.1, 0.15) is 15.9 Å². The number of ketones is 1. The normalized spacial score (nSPS) is 11.6. The van der Waals surface area contributed by atoms with E-state index in [0.29, 0.717) is 3.57 Å². The molecule has 0 radical (unpaired) electrons. The van der Waals surface area contributed by atoms with Gasteiger partial charge in [-0.25, -0.2) is 0 Å². The molecule has 0 atom stereocenters. The third-order valence-electron chi connectivity index (χ3n) is 1.76. The van der Waals surface area contributed by atoms with Gasteiger partial charge in [-0.2, -0.15) is 13.2 Å². The zero-order valence-electron chi connectivity index (χ0n) is 7.54. The number of Topliss-reactive ketones (excluding diaryl/α,β-unsaturated/α-hetero) is 1. The molecule has 88 valence electrons. The van der Waals surface area contributed by atoms with E-state index in [1.165, 1.54) is 6.07 Å². The maximum Gasteiger partial charge on any atom is 0.417 e. The molecule has 1 aromatic carbocycles. The second kappa shape index (κ2) is 5.22. The standard InChI is InChI=1S/C9H4BrClF3IO/c10-3-7(16)8-5(9(12,13)14)1-4(15)2-6(8)11/h1-2H,3H2. The van der Waals surface area contributed by atoms with Crippen molar-refractivity contribution in [2.75, 3.05) is 5.33 Å². The van der Waals surface area contributed by atoms with Crippen molar-refractivity contribution in [2.24, 2.45) is 0 Å². The van der Waals surface area contributed by atoms with Crippen LogP contribution < -0.4 is 0 Å². The third-order valence-corrected chi connectivity index (χ3v) is 3.19. The fraction of sp³-hybridized carbons (Fsp3) is 0.222. The van der Waals surface area contributed by atoms with Crippen LogP contribution in [0.15, 0.2) is 12.1 Å². The highest BCUT2D eigenvalue weighted by atomic mass is 127. The number of carbonyl (C=O) groups excluding carboxylic acids is 1. The molecule has 0 amide bonds. The van der Waals surface area contributed by atoms with Gasteiger partial charge in [-0.3, -0.25) is 4.79 Å². The van der Waals surface area contributed by atoms with Crippen molar-refractivity contribution in [3.63, 3.8) is 0 Å². The Morgan fingerprint density at radius 3 is 2.44 bits per heavy atom. The predicted octanol–water partition coefficient (Wildman–Crippen LogP) is 4.54. The van der Waals surface area contributed by atoms with Crippen LogP contribution in [-0.4, -0.2) is 11.1 Å². The number of alkyl halides is 4. The van der Waals surface area contributed by atoms with Gasteiger partial charge in [0.15, 0.2) is 5.78 Å². The summed E-state index contributed by atoms with van der Waals surface area (Å²) in [4.78, 5) is 11.4. The maximum atomic E-state index is 12.7. The highest BCUT2D eigenvalue weighted by molar-refractivity contribution is 14.1. The minimum atomic E-state index is -4.59. The van der Waals surface area contributed by atoms with E-state index in [1.54, 1.807) is 22.6 Å². The minimum Gasteiger partial charge on any atom is -0.293 e. The van der Waals surface area contributed by atoms with Crippen molar-refractivity contribution < 1.29 is 18.0 Å². The van der Waals surface area contributed by atoms with Gasteiger partial charge in [-0.15, -0.1) is 0 Å². The van der Waals surface area contributed by atoms with Gasteiger partial charge in [0, 0.05) is 9.13 Å². The van der Waals surface area contributed by atoms with Crippen LogP contribution in [0.2, 0.25) is 5.02 Å². The quantitative estimate of drug-likeness (QED) is 0.385. The highest BCUT2D eigenvalue weighted by Gasteiger charge is 2.36. The van der Waals surface area contributed by atoms with Crippen LogP contribution in [-0.2, 0) is 6.18 Å². The molecule has 0 aliphatic carbocycles. The summed E-state index contributed by atoms with van der Waals surface area (Å²) in [6.45, 7) is 0. The molecule has 0 unspecified atom stereocenters. The molecule has 0 heterocycles. The van der Waals surface area contributed by atoms with Crippen molar-refractivity contribution >= 4 is 55.9 Å². The summed E-state index contributed by atoms with van der Waals surface area (Å²) in [5, 5.41) is -0.375. The van der Waals surface area contributed by atoms with Gasteiger partial charge < -0.3 is 0 Å². The first-order valence-electron chi connectivity index (χ1n) is 3.92. The van der Waals surface area contributed by atoms with Crippen LogP contribution in [0, 0.1) is 3.57 Å². The SMILES string of the molecule is O=C(CBr)c1c(Cl)cc(I)cc1C(F)(F)F. The van der Waals surface area contributed by atoms with E-state index in [9.17, 15) is 18.0 Å². The number of benzene rings is 1. The van der Waals surface area contributed by atoms with Crippen molar-refractivity contribution in [1.29, 1.82) is 0 Å². The summed E-state index contributed by atoms with van der Waals surface area (Å²) in [5.41, 5.74) is -1.47. The van der Waals surface area contributed by atoms with Crippen molar-refractivity contribution in [3.05, 3.63) is 31.9 Å². The first kappa shape index (κ1) is 14.2. The summed E-state index contributed by atoms with van der Waals surface area (Å²) in [6, 6.07) is 2.23. The fourth-order valence-corrected chi connectivity index (χ4v) is 2.56. The van der Waals surface area contributed by atoms with Gasteiger partial charge >= 0.3 is 6.18 Å². The molecule has 1 rings (SSSR count). The average molecular weight is 427 g/mol. The van der Waals surface area contributed by atoms with Crippen LogP contribution in [0.25, 0.3) is 0 Å². The Morgan fingerprint density at radius 2 is 2.00 bits per heavy atom. The van der Waals surface area contributed by atoms with Gasteiger partial charge in [-0.1, -0.05) is 27.5 Å². The van der Waals surface area contributed by atoms with Gasteiger partial charge in [0.05, 0.1) is 15.9 Å². The van der Waals surface area contributed by atoms with Crippen molar-refractivity contribution in [2.45, 2.75) is 6.18 Å². The lowest BCUT2D eigenvalue weighted by atomic mass is 10.0. The lowest BCUT2D eigenvalue weighted by molar-refractivity contribution is -0.137. The number of hydrogen-bond donors (Lipinski definition) is 0. The molecule has 0 spiro atoms. The third kappa shape index (κ3) is 3.10. The summed E-state index contributed by atoms with van der Waals surface area (Å²) < 4.78 is 38.4. The molecule has 0 saturated heterocycles. The Balaban J connectivity index is 3.51. The second-order valence-electron chi connectivity index (χ2n) is 2.86. The highest BCUT2D eigenvalue weighted by Crippen LogP contribution is 2.36. The lowest BCUT2D eigenvalue weighted by Gasteiger charge is -2.13. The predicted molar refractivity (Wildman–Crippen MR) is 67.3 cm³/mol. The van der Waals surface area contributed by atoms with E-state index >= 15 is 0 Å². The van der Waals surface area contributed by atoms with E-state index in [-0.39, 0.29) is 10.4 Å². The molecule has 1 nitrogen and oxygen atoms in total. The Bertz CT molecular complexity index is 433. The monoisotopic (exact) mass is 426 g/mol. The number of hydrogen-bond acceptors (Lipinski definition) is 1. The first-order chi connectivity index (χ1) is 7.27. The van der Waals surface area contributed by atoms with Crippen LogP contribution in [0.3, 0.4) is 0 Å². The van der Waals surface area contributed by atoms with Crippen molar-refractivity contribution in [1.82, 2.24) is 0 Å². The Labute approximate surface area is 117 Å². The van der Waals surface area contributed by atoms with E-state index < -0.39 is 23.1 Å². The van der Waals surface area contributed by atoms with Crippen LogP contribution in [0.4, 0.5) is 13.2 Å². The Morgan fingerprint density at radius 1 is 1.44 bits per heavy atom. The van der Waals surface area contributed by atoms with Gasteiger partial charge in [-0.05, 0) is 34.7 Å². The molecule has 0 bridgehead atoms. The Kier molecular flexibility index (Phi) is 4.65. The molecule has 0 aliphatic heterocycles. The fourth-order valence-electron chi connectivity index (χ4n) is 1.15. The summed E-state index contributed by atoms with van der Waals surface area (Å²) >= 11 is 10.2. The molecule has 16 heavy (non-hydrogen) atoms. The molecule has 0 aliphatic rings. The van der Waals surface area contributed by atoms with E-state index in [1.807, 2.05) is 0 Å². The van der Waals surface area contributed by atoms with Gasteiger partial charge in [0.2, 0.25) is 0 Å². The molecule has 0 saturated carbocycles. The van der Waals surface area contributed by atoms with E-state index in [4.69, 9.17) is 11.6 Å². The topological polar surface area (TPSA) is 17.1 Å². The van der Waals surface area contributed by atoms with E-state index in [0.717, 1.165) is 6.07 Å². The zero-order chi connectivity index (χ0) is 12.5. The first-order valence-corrected chi connectivity index (χ1v) is 6.50. The van der Waals surface area contributed by atoms with Crippen molar-refractivity contribution in [3.8, 4) is 0 Å². The number of carbonyl (C=O) groups is 1. The lowest BCUT2D eigenvalue weighted by Crippen LogP contribution is -2.15. The number of halogens is 6. The molecule has 0 N–H and O–H groups in total. The summed E-state index contributed by atoms with van der Waals surface area (Å²) in [5.74, 6) is -0.686. The molecule has 0 aromatic heterocycles. The summed E-state index contributed by atoms with van der Waals surface area (Å²) in [7, 11) is 0. The molecule has 0 fully saturated rings. The zero-order valence-corrected chi connectivity index (χ0v) is 12.0. The smallest absolute Gasteiger partial charge is 0.293 e.